The van der Waals surface area contributed by atoms with Crippen LogP contribution in [-0.2, 0) is 9.09 Å². The molecule has 20 heavy (non-hydrogen) atoms. The number of alkyl halides is 1. The van der Waals surface area contributed by atoms with Crippen LogP contribution in [0.3, 0.4) is 0 Å². The van der Waals surface area contributed by atoms with E-state index in [1.165, 1.54) is 0 Å². The molecule has 0 aliphatic heterocycles. The molecule has 1 N–H and O–H groups in total. The molecule has 116 valence electrons. The van der Waals surface area contributed by atoms with Gasteiger partial charge in [-0.3, -0.25) is 4.52 Å². The van der Waals surface area contributed by atoms with E-state index in [-0.39, 0.29) is 24.6 Å². The molecule has 1 atom stereocenters. The molecule has 0 radical (unpaired) electrons. The summed E-state index contributed by atoms with van der Waals surface area (Å²) >= 11 is 5.57. The van der Waals surface area contributed by atoms with Gasteiger partial charge in [-0.05, 0) is 27.7 Å². The van der Waals surface area contributed by atoms with Crippen LogP contribution in [0.2, 0.25) is 0 Å². The zero-order chi connectivity index (χ0) is 15.7. The molecular weight excluding hydrogens is 299 g/mol. The van der Waals surface area contributed by atoms with Crippen LogP contribution in [0, 0.1) is 13.8 Å². The number of hydrogen-bond acceptors (Lipinski definition) is 2. The van der Waals surface area contributed by atoms with E-state index in [4.69, 9.17) is 16.1 Å². The normalized spacial score (nSPS) is 15.1. The van der Waals surface area contributed by atoms with E-state index >= 15 is 0 Å². The van der Waals surface area contributed by atoms with E-state index in [9.17, 15) is 9.46 Å². The van der Waals surface area contributed by atoms with Crippen molar-refractivity contribution in [1.29, 1.82) is 0 Å². The zero-order valence-electron chi connectivity index (χ0n) is 13.1. The smallest absolute Gasteiger partial charge is 0.316 e. The molecular formula is C13H25ClN2O3P+. The Hall–Kier alpha value is -0.350. The largest absolute Gasteiger partial charge is 0.440 e. The lowest BCUT2D eigenvalue weighted by atomic mass is 10.3. The maximum atomic E-state index is 12.6. The highest BCUT2D eigenvalue weighted by atomic mass is 35.5. The Bertz CT molecular complexity index is 495. The first kappa shape index (κ1) is 17.7. The number of halogens is 1. The summed E-state index contributed by atoms with van der Waals surface area (Å²) in [6.07, 6.45) is 0. The Kier molecular flexibility index (Phi) is 5.85. The molecule has 0 amide bonds. The quantitative estimate of drug-likeness (QED) is 0.497. The summed E-state index contributed by atoms with van der Waals surface area (Å²) in [5.41, 5.74) is 2.29. The van der Waals surface area contributed by atoms with Crippen molar-refractivity contribution in [3.05, 3.63) is 11.4 Å². The van der Waals surface area contributed by atoms with E-state index in [2.05, 4.69) is 0 Å². The van der Waals surface area contributed by atoms with Gasteiger partial charge >= 0.3 is 13.2 Å². The fourth-order valence-corrected chi connectivity index (χ4v) is 4.43. The maximum absolute atomic E-state index is 12.6. The lowest BCUT2D eigenvalue weighted by Crippen LogP contribution is -2.53. The summed E-state index contributed by atoms with van der Waals surface area (Å²) in [4.78, 5) is 10.3. The average molecular weight is 324 g/mol. The maximum Gasteiger partial charge on any atom is 0.440 e. The molecule has 1 aromatic rings. The SMILES string of the molecule is Cc1c(C)[n+](C(C)C)c(P(=O)(O)OCCCl)n1C(C)C. The third-order valence-corrected chi connectivity index (χ3v) is 4.93. The number of hydrogen-bond donors (Lipinski definition) is 1. The van der Waals surface area contributed by atoms with Crippen LogP contribution in [0.4, 0.5) is 0 Å². The van der Waals surface area contributed by atoms with Crippen LogP contribution >= 0.6 is 19.2 Å². The first-order valence-electron chi connectivity index (χ1n) is 6.81. The molecule has 0 saturated carbocycles. The Balaban J connectivity index is 3.57. The molecule has 1 rings (SSSR count). The summed E-state index contributed by atoms with van der Waals surface area (Å²) in [7, 11) is -3.91. The number of imidazole rings is 1. The van der Waals surface area contributed by atoms with Crippen molar-refractivity contribution in [3.8, 4) is 0 Å². The van der Waals surface area contributed by atoms with Crippen LogP contribution in [0.15, 0.2) is 0 Å². The predicted molar refractivity (Wildman–Crippen MR) is 81.0 cm³/mol. The minimum Gasteiger partial charge on any atom is -0.316 e. The van der Waals surface area contributed by atoms with E-state index in [0.29, 0.717) is 5.57 Å². The molecule has 0 fully saturated rings. The summed E-state index contributed by atoms with van der Waals surface area (Å²) in [6, 6.07) is 0.146. The third-order valence-electron chi connectivity index (χ3n) is 3.31. The highest BCUT2D eigenvalue weighted by Gasteiger charge is 2.43. The van der Waals surface area contributed by atoms with Gasteiger partial charge in [0.25, 0.3) is 0 Å². The number of nitrogens with zero attached hydrogens (tertiary/aromatic N) is 2. The van der Waals surface area contributed by atoms with Crippen LogP contribution in [0.1, 0.15) is 51.2 Å². The van der Waals surface area contributed by atoms with Crippen molar-refractivity contribution >= 4 is 24.8 Å². The first-order valence-corrected chi connectivity index (χ1v) is 8.93. The molecule has 5 nitrogen and oxygen atoms in total. The van der Waals surface area contributed by atoms with E-state index in [1.54, 1.807) is 0 Å². The van der Waals surface area contributed by atoms with Crippen molar-refractivity contribution < 1.29 is 18.5 Å². The predicted octanol–water partition coefficient (Wildman–Crippen LogP) is 2.62. The van der Waals surface area contributed by atoms with Gasteiger partial charge in [0.05, 0.1) is 18.7 Å². The van der Waals surface area contributed by atoms with Crippen LogP contribution in [0.5, 0.6) is 0 Å². The Morgan fingerprint density at radius 2 is 1.90 bits per heavy atom. The van der Waals surface area contributed by atoms with Crippen LogP contribution < -0.4 is 10.1 Å². The second-order valence-electron chi connectivity index (χ2n) is 5.44. The fraction of sp³-hybridized carbons (Fsp3) is 0.769. The van der Waals surface area contributed by atoms with Crippen molar-refractivity contribution in [3.63, 3.8) is 0 Å². The Morgan fingerprint density at radius 1 is 1.35 bits per heavy atom. The highest BCUT2D eigenvalue weighted by molar-refractivity contribution is 7.60. The second-order valence-corrected chi connectivity index (χ2v) is 7.52. The molecule has 0 spiro atoms. The van der Waals surface area contributed by atoms with Gasteiger partial charge in [-0.2, -0.15) is 0 Å². The van der Waals surface area contributed by atoms with E-state index < -0.39 is 7.60 Å². The third kappa shape index (κ3) is 3.28. The molecule has 7 heteroatoms. The van der Waals surface area contributed by atoms with Crippen LogP contribution in [-0.4, -0.2) is 21.9 Å². The second kappa shape index (κ2) is 6.61. The Labute approximate surface area is 126 Å². The standard InChI is InChI=1S/C13H24ClN2O3P/c1-9(2)15-11(5)12(6)16(10(3)4)13(15)20(17,18)19-8-7-14/h9-10H,7-8H2,1-6H3/p+1. The summed E-state index contributed by atoms with van der Waals surface area (Å²) in [6.45, 7) is 11.9. The molecule has 1 unspecified atom stereocenters. The van der Waals surface area contributed by atoms with Gasteiger partial charge in [0.1, 0.15) is 11.4 Å². The minimum atomic E-state index is -3.91. The molecule has 0 aliphatic carbocycles. The minimum absolute atomic E-state index is 0.0504. The van der Waals surface area contributed by atoms with Crippen molar-refractivity contribution in [2.75, 3.05) is 12.5 Å². The molecule has 0 saturated heterocycles. The molecule has 0 bridgehead atoms. The van der Waals surface area contributed by atoms with Gasteiger partial charge in [0.2, 0.25) is 0 Å². The lowest BCUT2D eigenvalue weighted by Gasteiger charge is -2.14. The van der Waals surface area contributed by atoms with E-state index in [1.807, 2.05) is 50.7 Å². The zero-order valence-corrected chi connectivity index (χ0v) is 14.7. The summed E-state index contributed by atoms with van der Waals surface area (Å²) in [5, 5.41) is 0. The molecule has 0 aromatic carbocycles. The van der Waals surface area contributed by atoms with Gasteiger partial charge < -0.3 is 4.89 Å². The Morgan fingerprint density at radius 3 is 2.30 bits per heavy atom. The molecule has 0 aliphatic rings. The average Bonchev–Trinajstić information content (AvgIpc) is 2.60. The monoisotopic (exact) mass is 323 g/mol. The van der Waals surface area contributed by atoms with Crippen molar-refractivity contribution in [2.45, 2.75) is 53.6 Å². The van der Waals surface area contributed by atoms with Gasteiger partial charge in [0, 0.05) is 19.7 Å². The van der Waals surface area contributed by atoms with Gasteiger partial charge in [-0.25, -0.2) is 13.7 Å². The highest BCUT2D eigenvalue weighted by Crippen LogP contribution is 2.41. The van der Waals surface area contributed by atoms with Gasteiger partial charge in [-0.15, -0.1) is 11.6 Å². The first-order chi connectivity index (χ1) is 9.15. The molecule has 1 aromatic heterocycles. The van der Waals surface area contributed by atoms with Crippen molar-refractivity contribution in [1.82, 2.24) is 4.57 Å². The van der Waals surface area contributed by atoms with Crippen molar-refractivity contribution in [2.24, 2.45) is 0 Å². The topological polar surface area (TPSA) is 55.3 Å². The van der Waals surface area contributed by atoms with E-state index in [0.717, 1.165) is 11.4 Å². The summed E-state index contributed by atoms with van der Waals surface area (Å²) < 4.78 is 21.5. The lowest BCUT2D eigenvalue weighted by molar-refractivity contribution is -0.704. The van der Waals surface area contributed by atoms with Gasteiger partial charge in [-0.1, -0.05) is 0 Å². The molecule has 1 heterocycles. The number of aromatic nitrogens is 2. The number of rotatable bonds is 6. The van der Waals surface area contributed by atoms with Crippen LogP contribution in [0.25, 0.3) is 0 Å². The van der Waals surface area contributed by atoms with Gasteiger partial charge in [0.15, 0.2) is 0 Å². The fourth-order valence-electron chi connectivity index (χ4n) is 2.49. The summed E-state index contributed by atoms with van der Waals surface area (Å²) in [5.74, 6) is 0.187.